The Kier molecular flexibility index (Phi) is 5.20. The van der Waals surface area contributed by atoms with Crippen molar-refractivity contribution in [1.29, 1.82) is 0 Å². The van der Waals surface area contributed by atoms with E-state index in [-0.39, 0.29) is 13.0 Å². The van der Waals surface area contributed by atoms with Crippen LogP contribution in [0.5, 0.6) is 0 Å². The summed E-state index contributed by atoms with van der Waals surface area (Å²) in [6.07, 6.45) is 6.23. The van der Waals surface area contributed by atoms with E-state index in [0.29, 0.717) is 0 Å². The van der Waals surface area contributed by atoms with Gasteiger partial charge in [-0.1, -0.05) is 6.08 Å². The first-order valence-electron chi connectivity index (χ1n) is 8.07. The van der Waals surface area contributed by atoms with Gasteiger partial charge in [0.25, 0.3) is 0 Å². The minimum Gasteiger partial charge on any atom is -0.468 e. The lowest BCUT2D eigenvalue weighted by atomic mass is 9.51. The fraction of sp³-hybridized carbons (Fsp3) is 0.611. The van der Waals surface area contributed by atoms with E-state index in [9.17, 15) is 14.4 Å². The highest BCUT2D eigenvalue weighted by Crippen LogP contribution is 2.56. The third kappa shape index (κ3) is 2.53. The predicted octanol–water partition coefficient (Wildman–Crippen LogP) is 1.21. The van der Waals surface area contributed by atoms with Gasteiger partial charge in [0.05, 0.1) is 13.7 Å². The number of esters is 2. The number of hydrogen-bond acceptors (Lipinski definition) is 7. The number of carbonyl (C=O) groups is 3. The molecule has 0 aromatic carbocycles. The number of methoxy groups -OCH3 is 3. The Bertz CT molecular complexity index is 637. The van der Waals surface area contributed by atoms with Gasteiger partial charge < -0.3 is 18.9 Å². The molecule has 0 aromatic rings. The van der Waals surface area contributed by atoms with Gasteiger partial charge in [-0.25, -0.2) is 4.79 Å². The van der Waals surface area contributed by atoms with Crippen LogP contribution in [-0.4, -0.2) is 56.9 Å². The van der Waals surface area contributed by atoms with E-state index in [4.69, 9.17) is 18.9 Å². The maximum atomic E-state index is 13.4. The van der Waals surface area contributed by atoms with Gasteiger partial charge in [0.1, 0.15) is 5.41 Å². The topological polar surface area (TPSA) is 88.1 Å². The van der Waals surface area contributed by atoms with Crippen molar-refractivity contribution >= 4 is 17.7 Å². The van der Waals surface area contributed by atoms with E-state index in [2.05, 4.69) is 0 Å². The third-order valence-corrected chi connectivity index (χ3v) is 5.30. The highest BCUT2D eigenvalue weighted by Gasteiger charge is 2.71. The number of ketones is 1. The summed E-state index contributed by atoms with van der Waals surface area (Å²) in [4.78, 5) is 37.5. The molecule has 3 aliphatic carbocycles. The van der Waals surface area contributed by atoms with E-state index < -0.39 is 40.3 Å². The monoisotopic (exact) mass is 352 g/mol. The molecule has 0 amide bonds. The first-order chi connectivity index (χ1) is 11.8. The second-order valence-electron chi connectivity index (χ2n) is 6.34. The number of rotatable bonds is 6. The Morgan fingerprint density at radius 3 is 2.48 bits per heavy atom. The molecular formula is C18H24O7. The summed E-state index contributed by atoms with van der Waals surface area (Å²) in [7, 11) is 4.03. The van der Waals surface area contributed by atoms with Gasteiger partial charge in [0.15, 0.2) is 11.2 Å². The van der Waals surface area contributed by atoms with Gasteiger partial charge in [0, 0.05) is 26.2 Å². The molecule has 0 radical (unpaired) electrons. The largest absolute Gasteiger partial charge is 0.468 e. The van der Waals surface area contributed by atoms with Crippen molar-refractivity contribution in [1.82, 2.24) is 0 Å². The number of hydrogen-bond donors (Lipinski definition) is 0. The third-order valence-electron chi connectivity index (χ3n) is 5.30. The average molecular weight is 352 g/mol. The van der Waals surface area contributed by atoms with Gasteiger partial charge in [-0.2, -0.15) is 0 Å². The van der Waals surface area contributed by atoms with Crippen LogP contribution in [0, 0.1) is 11.3 Å². The molecule has 138 valence electrons. The predicted molar refractivity (Wildman–Crippen MR) is 87.6 cm³/mol. The van der Waals surface area contributed by atoms with Crippen molar-refractivity contribution in [2.24, 2.45) is 11.3 Å². The molecule has 3 rings (SSSR count). The van der Waals surface area contributed by atoms with Crippen molar-refractivity contribution in [2.45, 2.75) is 31.5 Å². The summed E-state index contributed by atoms with van der Waals surface area (Å²) in [5, 5.41) is 0. The van der Waals surface area contributed by atoms with E-state index >= 15 is 0 Å². The quantitative estimate of drug-likeness (QED) is 0.403. The molecule has 0 N–H and O–H groups in total. The van der Waals surface area contributed by atoms with Crippen LogP contribution in [0.25, 0.3) is 0 Å². The van der Waals surface area contributed by atoms with Gasteiger partial charge >= 0.3 is 11.9 Å². The summed E-state index contributed by atoms with van der Waals surface area (Å²) in [6.45, 7) is 3.56. The van der Waals surface area contributed by atoms with E-state index in [1.165, 1.54) is 33.5 Å². The van der Waals surface area contributed by atoms with Crippen LogP contribution >= 0.6 is 0 Å². The second kappa shape index (κ2) is 6.72. The van der Waals surface area contributed by atoms with Crippen LogP contribution in [0.2, 0.25) is 0 Å². The summed E-state index contributed by atoms with van der Waals surface area (Å²) < 4.78 is 20.9. The van der Waals surface area contributed by atoms with Crippen molar-refractivity contribution in [3.05, 3.63) is 24.3 Å². The standard InChI is InChI=1S/C18H24O7/c1-6-25-13(19)8-9-17(23-4)12-7-10-18(24-5,14(17)20)16(2,11-12)15(21)22-3/h7-10,12H,6,11H2,1-5H3/b9-8+/t12-,16-,17+,18+/m1/s1. The second-order valence-corrected chi connectivity index (χ2v) is 6.34. The fourth-order valence-electron chi connectivity index (χ4n) is 3.91. The molecule has 0 aromatic heterocycles. The van der Waals surface area contributed by atoms with Gasteiger partial charge in [-0.15, -0.1) is 0 Å². The molecule has 0 aliphatic heterocycles. The number of fused-ring (bicyclic) bond motifs is 2. The lowest BCUT2D eigenvalue weighted by molar-refractivity contribution is -0.203. The number of ether oxygens (including phenoxy) is 4. The minimum absolute atomic E-state index is 0.225. The molecule has 0 saturated heterocycles. The van der Waals surface area contributed by atoms with E-state index in [1.807, 2.05) is 0 Å². The Hall–Kier alpha value is -1.99. The van der Waals surface area contributed by atoms with Gasteiger partial charge in [-0.05, 0) is 32.4 Å². The van der Waals surface area contributed by atoms with Crippen molar-refractivity contribution in [3.8, 4) is 0 Å². The minimum atomic E-state index is -1.54. The zero-order valence-electron chi connectivity index (χ0n) is 15.2. The first kappa shape index (κ1) is 19.3. The Morgan fingerprint density at radius 2 is 1.96 bits per heavy atom. The van der Waals surface area contributed by atoms with Crippen LogP contribution in [0.15, 0.2) is 24.3 Å². The molecular weight excluding hydrogens is 328 g/mol. The van der Waals surface area contributed by atoms with Crippen LogP contribution < -0.4 is 0 Å². The summed E-state index contributed by atoms with van der Waals surface area (Å²) in [6, 6.07) is 0. The van der Waals surface area contributed by atoms with Gasteiger partial charge in [0.2, 0.25) is 5.78 Å². The molecule has 7 heteroatoms. The number of carbonyl (C=O) groups excluding carboxylic acids is 3. The summed E-state index contributed by atoms with van der Waals surface area (Å²) in [5.74, 6) is -2.00. The van der Waals surface area contributed by atoms with Crippen LogP contribution in [0.4, 0.5) is 0 Å². The molecule has 3 aliphatic rings. The molecule has 2 bridgehead atoms. The zero-order chi connectivity index (χ0) is 18.9. The van der Waals surface area contributed by atoms with Crippen LogP contribution in [0.1, 0.15) is 20.3 Å². The lowest BCUT2D eigenvalue weighted by Gasteiger charge is -2.57. The normalized spacial score (nSPS) is 36.7. The van der Waals surface area contributed by atoms with Crippen molar-refractivity contribution < 1.29 is 33.3 Å². The van der Waals surface area contributed by atoms with E-state index in [0.717, 1.165) is 0 Å². The zero-order valence-corrected chi connectivity index (χ0v) is 15.2. The average Bonchev–Trinajstić information content (AvgIpc) is 2.61. The van der Waals surface area contributed by atoms with Crippen LogP contribution in [-0.2, 0) is 33.3 Å². The molecule has 0 spiro atoms. The maximum Gasteiger partial charge on any atom is 0.330 e. The molecule has 25 heavy (non-hydrogen) atoms. The van der Waals surface area contributed by atoms with Crippen molar-refractivity contribution in [3.63, 3.8) is 0 Å². The smallest absolute Gasteiger partial charge is 0.330 e. The highest BCUT2D eigenvalue weighted by atomic mass is 16.5. The van der Waals surface area contributed by atoms with E-state index in [1.54, 1.807) is 26.0 Å². The molecule has 1 fully saturated rings. The maximum absolute atomic E-state index is 13.4. The highest BCUT2D eigenvalue weighted by molar-refractivity contribution is 6.06. The van der Waals surface area contributed by atoms with Crippen LogP contribution in [0.3, 0.4) is 0 Å². The molecule has 1 saturated carbocycles. The molecule has 0 heterocycles. The molecule has 7 nitrogen and oxygen atoms in total. The summed E-state index contributed by atoms with van der Waals surface area (Å²) in [5.41, 5.74) is -4.14. The fourth-order valence-corrected chi connectivity index (χ4v) is 3.91. The lowest BCUT2D eigenvalue weighted by Crippen LogP contribution is -2.72. The summed E-state index contributed by atoms with van der Waals surface area (Å²) >= 11 is 0. The SMILES string of the molecule is CCOC(=O)/C=C/[C@@]1(OC)C(=O)[C@@]2(OC)C=C[C@@H]1C[C@]2(C)C(=O)OC. The Labute approximate surface area is 146 Å². The molecule has 4 atom stereocenters. The Balaban J connectivity index is 2.53. The first-order valence-corrected chi connectivity index (χ1v) is 8.07. The number of Topliss-reactive ketones (excluding diaryl/α,β-unsaturated/α-hetero) is 1. The Morgan fingerprint density at radius 1 is 1.28 bits per heavy atom. The van der Waals surface area contributed by atoms with Gasteiger partial charge in [-0.3, -0.25) is 9.59 Å². The molecule has 0 unspecified atom stereocenters. The van der Waals surface area contributed by atoms with Crippen molar-refractivity contribution in [2.75, 3.05) is 27.9 Å².